The van der Waals surface area contributed by atoms with Gasteiger partial charge >= 0.3 is 0 Å². The maximum Gasteiger partial charge on any atom is 0.116 e. The summed E-state index contributed by atoms with van der Waals surface area (Å²) in [5.74, 6) is 0.128. The van der Waals surface area contributed by atoms with E-state index in [1.807, 2.05) is 26.2 Å². The summed E-state index contributed by atoms with van der Waals surface area (Å²) in [5, 5.41) is 10.4. The molecule has 0 spiro atoms. The molecular weight excluding hydrogens is 332 g/mol. The number of hydrogen-bond acceptors (Lipinski definition) is 4. The van der Waals surface area contributed by atoms with Crippen molar-refractivity contribution in [2.24, 2.45) is 0 Å². The third kappa shape index (κ3) is 3.22. The van der Waals surface area contributed by atoms with Crippen molar-refractivity contribution in [3.05, 3.63) is 41.4 Å². The molecule has 0 saturated heterocycles. The van der Waals surface area contributed by atoms with Crippen molar-refractivity contribution in [1.29, 1.82) is 0 Å². The molecule has 1 aliphatic heterocycles. The van der Waals surface area contributed by atoms with Crippen LogP contribution in [0.2, 0.25) is 5.02 Å². The van der Waals surface area contributed by atoms with Gasteiger partial charge in [0.2, 0.25) is 0 Å². The lowest BCUT2D eigenvalue weighted by molar-refractivity contribution is 0.402. The van der Waals surface area contributed by atoms with Gasteiger partial charge in [0.15, 0.2) is 0 Å². The highest BCUT2D eigenvalue weighted by molar-refractivity contribution is 7.85. The van der Waals surface area contributed by atoms with E-state index in [9.17, 15) is 9.32 Å². The van der Waals surface area contributed by atoms with Crippen molar-refractivity contribution < 1.29 is 9.32 Å². The van der Waals surface area contributed by atoms with Gasteiger partial charge in [0.05, 0.1) is 32.0 Å². The minimum atomic E-state index is -1.31. The van der Waals surface area contributed by atoms with E-state index in [-0.39, 0.29) is 5.75 Å². The number of nitrogens with zero attached hydrogens (tertiary/aromatic N) is 2. The first kappa shape index (κ1) is 16.3. The average molecular weight is 351 g/mol. The average Bonchev–Trinajstić information content (AvgIpc) is 2.50. The lowest BCUT2D eigenvalue weighted by Crippen LogP contribution is -2.27. The quantitative estimate of drug-likeness (QED) is 0.914. The Morgan fingerprint density at radius 2 is 1.91 bits per heavy atom. The van der Waals surface area contributed by atoms with Gasteiger partial charge in [-0.3, -0.25) is 0 Å². The smallest absolute Gasteiger partial charge is 0.116 e. The lowest BCUT2D eigenvalue weighted by Gasteiger charge is -2.33. The third-order valence-corrected chi connectivity index (χ3v) is 5.54. The Morgan fingerprint density at radius 3 is 2.65 bits per heavy atom. The Labute approximate surface area is 143 Å². The topological polar surface area (TPSA) is 43.8 Å². The molecule has 0 bridgehead atoms. The van der Waals surface area contributed by atoms with Crippen molar-refractivity contribution >= 4 is 33.8 Å². The fraction of sp³-hybridized carbons (Fsp3) is 0.294. The summed E-state index contributed by atoms with van der Waals surface area (Å²) in [6, 6.07) is 10.5. The number of halogens is 1. The van der Waals surface area contributed by atoms with E-state index >= 15 is 0 Å². The molecule has 23 heavy (non-hydrogen) atoms. The molecule has 0 radical (unpaired) electrons. The van der Waals surface area contributed by atoms with Crippen LogP contribution in [0.15, 0.2) is 46.2 Å². The number of aromatic hydroxyl groups is 1. The van der Waals surface area contributed by atoms with Gasteiger partial charge in [-0.15, -0.1) is 0 Å². The molecule has 4 nitrogen and oxygen atoms in total. The highest BCUT2D eigenvalue weighted by atomic mass is 35.5. The molecular formula is C17H19ClN2O2S. The Hall–Kier alpha value is -1.56. The summed E-state index contributed by atoms with van der Waals surface area (Å²) in [6.45, 7) is 1.75. The normalized spacial score (nSPS) is 16.3. The van der Waals surface area contributed by atoms with Crippen molar-refractivity contribution in [3.63, 3.8) is 0 Å². The molecule has 6 heteroatoms. The van der Waals surface area contributed by atoms with Gasteiger partial charge in [0, 0.05) is 11.6 Å². The SMILES string of the molecule is CN(C)CCCN1c2cc(Cl)ccc2S(=O)c2cc(O)ccc21. The zero-order chi connectivity index (χ0) is 16.6. The second kappa shape index (κ2) is 6.51. The number of phenols is 1. The molecule has 122 valence electrons. The van der Waals surface area contributed by atoms with E-state index in [0.29, 0.717) is 9.92 Å². The van der Waals surface area contributed by atoms with E-state index < -0.39 is 10.8 Å². The number of rotatable bonds is 4. The molecule has 0 fully saturated rings. The predicted molar refractivity (Wildman–Crippen MR) is 94.4 cm³/mol. The fourth-order valence-electron chi connectivity index (χ4n) is 2.77. The van der Waals surface area contributed by atoms with Crippen LogP contribution in [0.4, 0.5) is 11.4 Å². The maximum atomic E-state index is 12.8. The van der Waals surface area contributed by atoms with Crippen LogP contribution in [-0.4, -0.2) is 41.4 Å². The summed E-state index contributed by atoms with van der Waals surface area (Å²) in [7, 11) is 2.77. The zero-order valence-electron chi connectivity index (χ0n) is 13.1. The molecule has 3 rings (SSSR count). The molecule has 1 heterocycles. The summed E-state index contributed by atoms with van der Waals surface area (Å²) in [5.41, 5.74) is 1.75. The van der Waals surface area contributed by atoms with Crippen LogP contribution >= 0.6 is 11.6 Å². The largest absolute Gasteiger partial charge is 0.508 e. The van der Waals surface area contributed by atoms with Crippen molar-refractivity contribution in [2.75, 3.05) is 32.1 Å². The number of anilines is 2. The van der Waals surface area contributed by atoms with E-state index in [1.54, 1.807) is 24.3 Å². The molecule has 1 unspecified atom stereocenters. The molecule has 0 amide bonds. The van der Waals surface area contributed by atoms with Crippen LogP contribution in [0.1, 0.15) is 6.42 Å². The number of hydrogen-bond donors (Lipinski definition) is 1. The first-order chi connectivity index (χ1) is 11.0. The number of fused-ring (bicyclic) bond motifs is 2. The van der Waals surface area contributed by atoms with Crippen molar-refractivity contribution in [2.45, 2.75) is 16.2 Å². The first-order valence-electron chi connectivity index (χ1n) is 7.44. The third-order valence-electron chi connectivity index (χ3n) is 3.83. The molecule has 1 atom stereocenters. The standard InChI is InChI=1S/C17H19ClN2O2S/c1-19(2)8-3-9-20-14-6-5-13(21)11-17(14)23(22)16-7-4-12(18)10-15(16)20/h4-7,10-11,21H,3,8-9H2,1-2H3. The first-order valence-corrected chi connectivity index (χ1v) is 8.97. The van der Waals surface area contributed by atoms with Gasteiger partial charge < -0.3 is 14.9 Å². The van der Waals surface area contributed by atoms with Crippen LogP contribution in [-0.2, 0) is 10.8 Å². The molecule has 2 aromatic carbocycles. The van der Waals surface area contributed by atoms with Crippen LogP contribution in [0.3, 0.4) is 0 Å². The van der Waals surface area contributed by atoms with E-state index in [4.69, 9.17) is 11.6 Å². The predicted octanol–water partition coefficient (Wildman–Crippen LogP) is 3.62. The van der Waals surface area contributed by atoms with Gasteiger partial charge in [-0.1, -0.05) is 11.6 Å². The Morgan fingerprint density at radius 1 is 1.13 bits per heavy atom. The number of benzene rings is 2. The minimum absolute atomic E-state index is 0.128. The fourth-order valence-corrected chi connectivity index (χ4v) is 4.32. The summed E-state index contributed by atoms with van der Waals surface area (Å²) < 4.78 is 12.8. The molecule has 0 aromatic heterocycles. The summed E-state index contributed by atoms with van der Waals surface area (Å²) >= 11 is 6.15. The second-order valence-electron chi connectivity index (χ2n) is 5.84. The highest BCUT2D eigenvalue weighted by Gasteiger charge is 2.28. The Balaban J connectivity index is 2.05. The van der Waals surface area contributed by atoms with Gasteiger partial charge in [-0.05, 0) is 63.5 Å². The van der Waals surface area contributed by atoms with Crippen LogP contribution in [0.5, 0.6) is 5.75 Å². The van der Waals surface area contributed by atoms with Crippen molar-refractivity contribution in [3.8, 4) is 5.75 Å². The monoisotopic (exact) mass is 350 g/mol. The van der Waals surface area contributed by atoms with Crippen LogP contribution < -0.4 is 4.90 Å². The Bertz CT molecular complexity index is 764. The highest BCUT2D eigenvalue weighted by Crippen LogP contribution is 2.44. The lowest BCUT2D eigenvalue weighted by atomic mass is 10.2. The van der Waals surface area contributed by atoms with E-state index in [0.717, 1.165) is 35.8 Å². The molecule has 0 aliphatic carbocycles. The zero-order valence-corrected chi connectivity index (χ0v) is 14.7. The summed E-state index contributed by atoms with van der Waals surface area (Å²) in [6.07, 6.45) is 0.964. The Kier molecular flexibility index (Phi) is 4.62. The minimum Gasteiger partial charge on any atom is -0.508 e. The molecule has 0 saturated carbocycles. The molecule has 1 aliphatic rings. The second-order valence-corrected chi connectivity index (χ2v) is 7.69. The van der Waals surface area contributed by atoms with Crippen molar-refractivity contribution in [1.82, 2.24) is 4.90 Å². The maximum absolute atomic E-state index is 12.8. The van der Waals surface area contributed by atoms with Crippen LogP contribution in [0, 0.1) is 0 Å². The van der Waals surface area contributed by atoms with Gasteiger partial charge in [0.1, 0.15) is 5.75 Å². The summed E-state index contributed by atoms with van der Waals surface area (Å²) in [4.78, 5) is 5.65. The molecule has 2 aromatic rings. The van der Waals surface area contributed by atoms with Gasteiger partial charge in [-0.25, -0.2) is 4.21 Å². The number of phenolic OH excluding ortho intramolecular Hbond substituents is 1. The van der Waals surface area contributed by atoms with Gasteiger partial charge in [0.25, 0.3) is 0 Å². The van der Waals surface area contributed by atoms with Gasteiger partial charge in [-0.2, -0.15) is 0 Å². The van der Waals surface area contributed by atoms with Crippen LogP contribution in [0.25, 0.3) is 0 Å². The van der Waals surface area contributed by atoms with E-state index in [1.165, 1.54) is 0 Å². The molecule has 1 N–H and O–H groups in total. The van der Waals surface area contributed by atoms with E-state index in [2.05, 4.69) is 9.80 Å².